The Morgan fingerprint density at radius 2 is 1.89 bits per heavy atom. The first-order chi connectivity index (χ1) is 17.1. The first-order valence-electron chi connectivity index (χ1n) is 11.4. The van der Waals surface area contributed by atoms with Gasteiger partial charge in [0.15, 0.2) is 5.82 Å². The van der Waals surface area contributed by atoms with Crippen molar-refractivity contribution in [3.63, 3.8) is 0 Å². The van der Waals surface area contributed by atoms with Crippen molar-refractivity contribution in [1.29, 1.82) is 0 Å². The lowest BCUT2D eigenvalue weighted by Gasteiger charge is -2.12. The molecule has 0 bridgehead atoms. The number of hydrogen-bond acceptors (Lipinski definition) is 5. The molecule has 0 saturated heterocycles. The average Bonchev–Trinajstić information content (AvgIpc) is 3.12. The van der Waals surface area contributed by atoms with Crippen LogP contribution in [0.25, 0.3) is 11.4 Å². The highest BCUT2D eigenvalue weighted by atomic mass is 32.2. The van der Waals surface area contributed by atoms with Crippen LogP contribution in [0.4, 0.5) is 14.5 Å². The highest BCUT2D eigenvalue weighted by Crippen LogP contribution is 2.29. The predicted octanol–water partition coefficient (Wildman–Crippen LogP) is 5.89. The molecule has 178 valence electrons. The summed E-state index contributed by atoms with van der Waals surface area (Å²) in [6, 6.07) is 14.1. The Kier molecular flexibility index (Phi) is 6.85. The molecule has 2 aromatic heterocycles. The van der Waals surface area contributed by atoms with Crippen LogP contribution in [0.5, 0.6) is 0 Å². The number of aromatic nitrogens is 4. The number of benzene rings is 2. The van der Waals surface area contributed by atoms with Gasteiger partial charge in [-0.1, -0.05) is 18.6 Å². The number of nitrogens with one attached hydrogen (secondary N) is 1. The molecule has 0 atom stereocenters. The van der Waals surface area contributed by atoms with Crippen LogP contribution in [-0.4, -0.2) is 25.7 Å². The minimum Gasteiger partial charge on any atom is -0.322 e. The molecule has 1 amide bonds. The lowest BCUT2D eigenvalue weighted by atomic mass is 10.1. The molecule has 1 N–H and O–H groups in total. The van der Waals surface area contributed by atoms with Crippen LogP contribution in [0.3, 0.4) is 0 Å². The Morgan fingerprint density at radius 3 is 2.74 bits per heavy atom. The number of rotatable bonds is 6. The Labute approximate surface area is 205 Å². The van der Waals surface area contributed by atoms with E-state index in [1.165, 1.54) is 36.0 Å². The average molecular weight is 492 g/mol. The SMILES string of the molecule is O=C(Nc1ccc(F)c(-c2nnc3n2CCCCC3)c1)c1cccnc1SCc1ccc(F)cc1. The zero-order valence-electron chi connectivity index (χ0n) is 18.9. The minimum atomic E-state index is -0.417. The van der Waals surface area contributed by atoms with E-state index in [1.54, 1.807) is 36.5 Å². The fourth-order valence-corrected chi connectivity index (χ4v) is 5.02. The van der Waals surface area contributed by atoms with Gasteiger partial charge in [0.1, 0.15) is 22.5 Å². The van der Waals surface area contributed by atoms with E-state index in [0.717, 1.165) is 43.6 Å². The molecule has 1 aliphatic rings. The smallest absolute Gasteiger partial charge is 0.258 e. The number of thioether (sulfide) groups is 1. The van der Waals surface area contributed by atoms with E-state index < -0.39 is 5.82 Å². The molecule has 0 unspecified atom stereocenters. The van der Waals surface area contributed by atoms with Crippen LogP contribution in [-0.2, 0) is 18.7 Å². The van der Waals surface area contributed by atoms with Gasteiger partial charge in [-0.15, -0.1) is 22.0 Å². The van der Waals surface area contributed by atoms with Crippen molar-refractivity contribution in [1.82, 2.24) is 19.7 Å². The highest BCUT2D eigenvalue weighted by Gasteiger charge is 2.20. The van der Waals surface area contributed by atoms with Gasteiger partial charge < -0.3 is 9.88 Å². The van der Waals surface area contributed by atoms with Gasteiger partial charge in [0.2, 0.25) is 0 Å². The van der Waals surface area contributed by atoms with Crippen molar-refractivity contribution in [3.05, 3.63) is 89.4 Å². The van der Waals surface area contributed by atoms with Gasteiger partial charge >= 0.3 is 0 Å². The number of nitrogens with zero attached hydrogens (tertiary/aromatic N) is 4. The molecule has 0 spiro atoms. The maximum atomic E-state index is 14.8. The van der Waals surface area contributed by atoms with Gasteiger partial charge in [0.05, 0.1) is 11.1 Å². The van der Waals surface area contributed by atoms with Gasteiger partial charge in [0, 0.05) is 30.6 Å². The third-order valence-electron chi connectivity index (χ3n) is 5.88. The summed E-state index contributed by atoms with van der Waals surface area (Å²) in [5, 5.41) is 11.9. The molecule has 6 nitrogen and oxygen atoms in total. The molecule has 1 aliphatic heterocycles. The van der Waals surface area contributed by atoms with Crippen molar-refractivity contribution in [3.8, 4) is 11.4 Å². The molecule has 4 aromatic rings. The summed E-state index contributed by atoms with van der Waals surface area (Å²) in [6.07, 6.45) is 5.59. The normalized spacial score (nSPS) is 13.2. The van der Waals surface area contributed by atoms with Crippen molar-refractivity contribution < 1.29 is 13.6 Å². The van der Waals surface area contributed by atoms with Crippen LogP contribution in [0, 0.1) is 11.6 Å². The van der Waals surface area contributed by atoms with Crippen molar-refractivity contribution >= 4 is 23.4 Å². The number of amides is 1. The van der Waals surface area contributed by atoms with E-state index in [9.17, 15) is 13.6 Å². The summed E-state index contributed by atoms with van der Waals surface area (Å²) < 4.78 is 29.9. The second-order valence-corrected chi connectivity index (χ2v) is 9.29. The molecule has 0 saturated carbocycles. The molecule has 2 aromatic carbocycles. The minimum absolute atomic E-state index is 0.294. The van der Waals surface area contributed by atoms with E-state index in [0.29, 0.717) is 33.4 Å². The van der Waals surface area contributed by atoms with Crippen LogP contribution < -0.4 is 5.32 Å². The zero-order valence-corrected chi connectivity index (χ0v) is 19.7. The van der Waals surface area contributed by atoms with Crippen LogP contribution in [0.15, 0.2) is 65.8 Å². The molecule has 0 radical (unpaired) electrons. The first-order valence-corrected chi connectivity index (χ1v) is 12.4. The molecule has 9 heteroatoms. The van der Waals surface area contributed by atoms with Crippen molar-refractivity contribution in [2.45, 2.75) is 43.0 Å². The predicted molar refractivity (Wildman–Crippen MR) is 131 cm³/mol. The molecule has 5 rings (SSSR count). The Balaban J connectivity index is 1.36. The van der Waals surface area contributed by atoms with E-state index in [4.69, 9.17) is 0 Å². The maximum Gasteiger partial charge on any atom is 0.258 e. The zero-order chi connectivity index (χ0) is 24.2. The number of fused-ring (bicyclic) bond motifs is 1. The van der Waals surface area contributed by atoms with Gasteiger partial charge in [-0.25, -0.2) is 13.8 Å². The topological polar surface area (TPSA) is 72.7 Å². The summed E-state index contributed by atoms with van der Waals surface area (Å²) in [7, 11) is 0. The third-order valence-corrected chi connectivity index (χ3v) is 6.96. The number of anilines is 1. The van der Waals surface area contributed by atoms with E-state index in [2.05, 4.69) is 20.5 Å². The quantitative estimate of drug-likeness (QED) is 0.341. The first kappa shape index (κ1) is 23.2. The second-order valence-electron chi connectivity index (χ2n) is 8.32. The Morgan fingerprint density at radius 1 is 1.03 bits per heavy atom. The number of carbonyl (C=O) groups excluding carboxylic acids is 1. The molecule has 0 fully saturated rings. The van der Waals surface area contributed by atoms with Crippen molar-refractivity contribution in [2.75, 3.05) is 5.32 Å². The summed E-state index contributed by atoms with van der Waals surface area (Å²) in [4.78, 5) is 17.5. The number of pyridine rings is 1. The lowest BCUT2D eigenvalue weighted by molar-refractivity contribution is 0.102. The molecular formula is C26H23F2N5OS. The van der Waals surface area contributed by atoms with E-state index in [1.807, 2.05) is 4.57 Å². The van der Waals surface area contributed by atoms with Gasteiger partial charge in [-0.2, -0.15) is 0 Å². The Hall–Kier alpha value is -3.59. The maximum absolute atomic E-state index is 14.8. The summed E-state index contributed by atoms with van der Waals surface area (Å²) in [5.74, 6) is 0.821. The summed E-state index contributed by atoms with van der Waals surface area (Å²) in [6.45, 7) is 0.748. The number of hydrogen-bond donors (Lipinski definition) is 1. The fraction of sp³-hybridized carbons (Fsp3) is 0.231. The standard InChI is InChI=1S/C26H23F2N5OS/c27-18-9-7-17(8-10-18)16-35-26-20(5-4-13-29-26)25(34)30-19-11-12-22(28)21(15-19)24-32-31-23-6-2-1-3-14-33(23)24/h4-5,7-13,15H,1-3,6,14,16H2,(H,30,34). The van der Waals surface area contributed by atoms with Gasteiger partial charge in [-0.05, 0) is 60.9 Å². The number of halogens is 2. The molecule has 3 heterocycles. The molecule has 0 aliphatic carbocycles. The number of carbonyl (C=O) groups is 1. The van der Waals surface area contributed by atoms with Gasteiger partial charge in [-0.3, -0.25) is 4.79 Å². The lowest BCUT2D eigenvalue weighted by Crippen LogP contribution is -2.14. The van der Waals surface area contributed by atoms with Crippen LogP contribution in [0.2, 0.25) is 0 Å². The third kappa shape index (κ3) is 5.24. The monoisotopic (exact) mass is 491 g/mol. The molecule has 35 heavy (non-hydrogen) atoms. The van der Waals surface area contributed by atoms with Crippen LogP contribution >= 0.6 is 11.8 Å². The second kappa shape index (κ2) is 10.4. The van der Waals surface area contributed by atoms with E-state index >= 15 is 0 Å². The number of aryl methyl sites for hydroxylation is 1. The Bertz CT molecular complexity index is 1360. The summed E-state index contributed by atoms with van der Waals surface area (Å²) >= 11 is 1.39. The summed E-state index contributed by atoms with van der Waals surface area (Å²) in [5.41, 5.74) is 2.09. The van der Waals surface area contributed by atoms with Gasteiger partial charge in [0.25, 0.3) is 5.91 Å². The van der Waals surface area contributed by atoms with Crippen LogP contribution in [0.1, 0.15) is 41.0 Å². The van der Waals surface area contributed by atoms with E-state index in [-0.39, 0.29) is 11.7 Å². The largest absolute Gasteiger partial charge is 0.322 e. The highest BCUT2D eigenvalue weighted by molar-refractivity contribution is 7.98. The van der Waals surface area contributed by atoms with Crippen molar-refractivity contribution in [2.24, 2.45) is 0 Å². The fourth-order valence-electron chi connectivity index (χ4n) is 4.07. The molecular weight excluding hydrogens is 468 g/mol.